The Balaban J connectivity index is 1.59. The maximum atomic E-state index is 13.1. The van der Waals surface area contributed by atoms with E-state index in [1.54, 1.807) is 19.1 Å². The van der Waals surface area contributed by atoms with Gasteiger partial charge in [-0.05, 0) is 55.5 Å². The van der Waals surface area contributed by atoms with Gasteiger partial charge in [0.05, 0.1) is 23.5 Å². The van der Waals surface area contributed by atoms with Gasteiger partial charge in [-0.15, -0.1) is 0 Å². The number of nitrogens with one attached hydrogen (secondary N) is 1. The number of ether oxygens (including phenoxy) is 2. The van der Waals surface area contributed by atoms with E-state index < -0.39 is 18.5 Å². The van der Waals surface area contributed by atoms with Crippen LogP contribution in [-0.4, -0.2) is 35.4 Å². The van der Waals surface area contributed by atoms with Gasteiger partial charge in [-0.3, -0.25) is 4.79 Å². The highest BCUT2D eigenvalue weighted by atomic mass is 35.5. The van der Waals surface area contributed by atoms with Crippen molar-refractivity contribution in [2.45, 2.75) is 6.92 Å². The van der Waals surface area contributed by atoms with Crippen LogP contribution < -0.4 is 10.1 Å². The summed E-state index contributed by atoms with van der Waals surface area (Å²) < 4.78 is 24.6. The standard InChI is InChI=1S/C22H18Cl2FN3O4/c1-13-17(22(24)28(27-13)16-6-3-14(25)4-7-16)8-10-21(30)32-12-20(29)26-15-5-9-19(31-2)18(23)11-15/h3-11H,12H2,1-2H3,(H,26,29). The second-order valence-corrected chi connectivity index (χ2v) is 7.28. The summed E-state index contributed by atoms with van der Waals surface area (Å²) in [6.07, 6.45) is 2.58. The minimum atomic E-state index is -0.738. The zero-order chi connectivity index (χ0) is 23.3. The van der Waals surface area contributed by atoms with Crippen LogP contribution >= 0.6 is 23.2 Å². The molecule has 10 heteroatoms. The number of hydrogen-bond donors (Lipinski definition) is 1. The maximum Gasteiger partial charge on any atom is 0.331 e. The van der Waals surface area contributed by atoms with Crippen molar-refractivity contribution in [2.24, 2.45) is 0 Å². The van der Waals surface area contributed by atoms with Gasteiger partial charge in [0, 0.05) is 17.3 Å². The SMILES string of the molecule is COc1ccc(NC(=O)COC(=O)C=Cc2c(C)nn(-c3ccc(F)cc3)c2Cl)cc1Cl. The third-order valence-corrected chi connectivity index (χ3v) is 4.95. The number of halogens is 3. The Morgan fingerprint density at radius 3 is 2.56 bits per heavy atom. The topological polar surface area (TPSA) is 82.4 Å². The minimum absolute atomic E-state index is 0.243. The van der Waals surface area contributed by atoms with Crippen molar-refractivity contribution >= 4 is 46.8 Å². The largest absolute Gasteiger partial charge is 0.495 e. The highest BCUT2D eigenvalue weighted by Crippen LogP contribution is 2.27. The number of aryl methyl sites for hydroxylation is 1. The summed E-state index contributed by atoms with van der Waals surface area (Å²) in [7, 11) is 1.48. The molecule has 0 bridgehead atoms. The van der Waals surface area contributed by atoms with Gasteiger partial charge in [-0.1, -0.05) is 23.2 Å². The third-order valence-electron chi connectivity index (χ3n) is 4.29. The fraction of sp³-hybridized carbons (Fsp3) is 0.136. The molecule has 166 valence electrons. The number of aromatic nitrogens is 2. The molecule has 0 spiro atoms. The lowest BCUT2D eigenvalue weighted by molar-refractivity contribution is -0.142. The number of carbonyl (C=O) groups is 2. The van der Waals surface area contributed by atoms with Crippen molar-refractivity contribution in [3.63, 3.8) is 0 Å². The first-order chi connectivity index (χ1) is 15.3. The van der Waals surface area contributed by atoms with Crippen LogP contribution in [0.15, 0.2) is 48.5 Å². The molecule has 0 aliphatic heterocycles. The van der Waals surface area contributed by atoms with E-state index in [4.69, 9.17) is 32.7 Å². The van der Waals surface area contributed by atoms with E-state index in [0.717, 1.165) is 6.08 Å². The minimum Gasteiger partial charge on any atom is -0.495 e. The van der Waals surface area contributed by atoms with Gasteiger partial charge < -0.3 is 14.8 Å². The number of hydrogen-bond acceptors (Lipinski definition) is 5. The first-order valence-electron chi connectivity index (χ1n) is 9.27. The van der Waals surface area contributed by atoms with Crippen LogP contribution in [0.1, 0.15) is 11.3 Å². The Bertz CT molecular complexity index is 1180. The van der Waals surface area contributed by atoms with Gasteiger partial charge in [0.1, 0.15) is 16.7 Å². The molecule has 1 aromatic heterocycles. The molecule has 0 unspecified atom stereocenters. The van der Waals surface area contributed by atoms with Gasteiger partial charge in [0.25, 0.3) is 5.91 Å². The summed E-state index contributed by atoms with van der Waals surface area (Å²) in [6, 6.07) is 10.4. The van der Waals surface area contributed by atoms with E-state index in [9.17, 15) is 14.0 Å². The molecule has 1 heterocycles. The Morgan fingerprint density at radius 1 is 1.19 bits per heavy atom. The molecule has 0 radical (unpaired) electrons. The molecule has 3 aromatic rings. The van der Waals surface area contributed by atoms with Gasteiger partial charge >= 0.3 is 5.97 Å². The zero-order valence-corrected chi connectivity index (χ0v) is 18.6. The van der Waals surface area contributed by atoms with Crippen LogP contribution in [0.4, 0.5) is 10.1 Å². The number of esters is 1. The number of anilines is 1. The van der Waals surface area contributed by atoms with E-state index >= 15 is 0 Å². The molecule has 0 atom stereocenters. The molecule has 1 amide bonds. The lowest BCUT2D eigenvalue weighted by Gasteiger charge is -2.08. The summed E-state index contributed by atoms with van der Waals surface area (Å²) in [5.41, 5.74) is 2.04. The van der Waals surface area contributed by atoms with E-state index in [1.807, 2.05) is 0 Å². The summed E-state index contributed by atoms with van der Waals surface area (Å²) in [5.74, 6) is -1.18. The summed E-state index contributed by atoms with van der Waals surface area (Å²) >= 11 is 12.4. The van der Waals surface area contributed by atoms with E-state index in [1.165, 1.54) is 48.2 Å². The molecule has 0 aliphatic rings. The summed E-state index contributed by atoms with van der Waals surface area (Å²) in [6.45, 7) is 1.22. The Kier molecular flexibility index (Phi) is 7.50. The summed E-state index contributed by atoms with van der Waals surface area (Å²) in [4.78, 5) is 24.0. The van der Waals surface area contributed by atoms with Crippen molar-refractivity contribution in [3.8, 4) is 11.4 Å². The number of methoxy groups -OCH3 is 1. The smallest absolute Gasteiger partial charge is 0.331 e. The van der Waals surface area contributed by atoms with Crippen molar-refractivity contribution < 1.29 is 23.5 Å². The Labute approximate surface area is 193 Å². The number of rotatable bonds is 7. The van der Waals surface area contributed by atoms with E-state index in [-0.39, 0.29) is 11.0 Å². The van der Waals surface area contributed by atoms with Gasteiger partial charge in [0.15, 0.2) is 6.61 Å². The molecule has 1 N–H and O–H groups in total. The van der Waals surface area contributed by atoms with Crippen molar-refractivity contribution in [2.75, 3.05) is 19.0 Å². The van der Waals surface area contributed by atoms with Crippen LogP contribution in [0, 0.1) is 12.7 Å². The quantitative estimate of drug-likeness (QED) is 0.389. The third kappa shape index (κ3) is 5.66. The first-order valence-corrected chi connectivity index (χ1v) is 10.0. The van der Waals surface area contributed by atoms with Gasteiger partial charge in [-0.25, -0.2) is 13.9 Å². The molecule has 7 nitrogen and oxygen atoms in total. The van der Waals surface area contributed by atoms with Crippen LogP contribution in [0.5, 0.6) is 5.75 Å². The van der Waals surface area contributed by atoms with E-state index in [0.29, 0.717) is 33.4 Å². The van der Waals surface area contributed by atoms with Crippen LogP contribution in [0.3, 0.4) is 0 Å². The van der Waals surface area contributed by atoms with Crippen molar-refractivity contribution in [1.29, 1.82) is 0 Å². The molecular weight excluding hydrogens is 460 g/mol. The number of amides is 1. The van der Waals surface area contributed by atoms with Gasteiger partial charge in [-0.2, -0.15) is 5.10 Å². The predicted octanol–water partition coefficient (Wildman–Crippen LogP) is 4.83. The number of benzene rings is 2. The fourth-order valence-electron chi connectivity index (χ4n) is 2.73. The molecule has 32 heavy (non-hydrogen) atoms. The average molecular weight is 478 g/mol. The van der Waals surface area contributed by atoms with Crippen LogP contribution in [0.2, 0.25) is 10.2 Å². The lowest BCUT2D eigenvalue weighted by atomic mass is 10.2. The second kappa shape index (κ2) is 10.3. The molecule has 2 aromatic carbocycles. The van der Waals surface area contributed by atoms with Crippen molar-refractivity contribution in [3.05, 3.63) is 75.8 Å². The first kappa shape index (κ1) is 23.3. The lowest BCUT2D eigenvalue weighted by Crippen LogP contribution is -2.20. The molecular formula is C22H18Cl2FN3O4. The summed E-state index contributed by atoms with van der Waals surface area (Å²) in [5, 5.41) is 7.44. The molecule has 3 rings (SSSR count). The normalized spacial score (nSPS) is 10.9. The number of carbonyl (C=O) groups excluding carboxylic acids is 2. The Hall–Kier alpha value is -3.36. The van der Waals surface area contributed by atoms with E-state index in [2.05, 4.69) is 10.4 Å². The Morgan fingerprint density at radius 2 is 1.91 bits per heavy atom. The average Bonchev–Trinajstić information content (AvgIpc) is 3.05. The molecule has 0 saturated heterocycles. The monoisotopic (exact) mass is 477 g/mol. The molecule has 0 aliphatic carbocycles. The van der Waals surface area contributed by atoms with Gasteiger partial charge in [0.2, 0.25) is 0 Å². The van der Waals surface area contributed by atoms with Crippen LogP contribution in [0.25, 0.3) is 11.8 Å². The molecule has 0 fully saturated rings. The highest BCUT2D eigenvalue weighted by Gasteiger charge is 2.14. The predicted molar refractivity (Wildman–Crippen MR) is 120 cm³/mol. The maximum absolute atomic E-state index is 13.1. The van der Waals surface area contributed by atoms with Crippen molar-refractivity contribution in [1.82, 2.24) is 9.78 Å². The molecule has 0 saturated carbocycles. The second-order valence-electron chi connectivity index (χ2n) is 6.52. The number of nitrogens with zero attached hydrogens (tertiary/aromatic N) is 2. The van der Waals surface area contributed by atoms with Crippen LogP contribution in [-0.2, 0) is 14.3 Å². The highest BCUT2D eigenvalue weighted by molar-refractivity contribution is 6.32. The zero-order valence-electron chi connectivity index (χ0n) is 17.1. The fourth-order valence-corrected chi connectivity index (χ4v) is 3.32.